The molecule has 0 bridgehead atoms. The summed E-state index contributed by atoms with van der Waals surface area (Å²) >= 11 is 0. The predicted molar refractivity (Wildman–Crippen MR) is 81.6 cm³/mol. The predicted octanol–water partition coefficient (Wildman–Crippen LogP) is 0.596. The number of aliphatic hydroxyl groups excluding tert-OH is 1. The minimum absolute atomic E-state index is 0. The van der Waals surface area contributed by atoms with Gasteiger partial charge in [0, 0.05) is 5.25 Å². The molecule has 0 amide bonds. The Morgan fingerprint density at radius 2 is 1.29 bits per heavy atom. The standard InChI is InChI=1S/C15H32O4S.K/c1-3-15(16)13-11-9-7-5-4-6-8-10-12-14(2)20(17,18)19;/h14-16H,3-13H2,1-2H3,(H,17,18,19);/q;+1/p-1. The number of rotatable bonds is 13. The van der Waals surface area contributed by atoms with Crippen LogP contribution >= 0.6 is 0 Å². The molecular formula is C15H31KO4S. The van der Waals surface area contributed by atoms with Crippen LogP contribution in [0.4, 0.5) is 0 Å². The van der Waals surface area contributed by atoms with Crippen LogP contribution in [0.1, 0.15) is 84.5 Å². The van der Waals surface area contributed by atoms with E-state index in [1.807, 2.05) is 6.92 Å². The van der Waals surface area contributed by atoms with E-state index in [2.05, 4.69) is 0 Å². The van der Waals surface area contributed by atoms with Crippen molar-refractivity contribution in [2.75, 3.05) is 0 Å². The molecule has 0 rings (SSSR count). The van der Waals surface area contributed by atoms with Crippen LogP contribution in [0.15, 0.2) is 0 Å². The normalized spacial score (nSPS) is 14.5. The zero-order chi connectivity index (χ0) is 15.4. The fraction of sp³-hybridized carbons (Fsp3) is 1.00. The average Bonchev–Trinajstić information content (AvgIpc) is 2.39. The largest absolute Gasteiger partial charge is 1.00 e. The Bertz CT molecular complexity index is 320. The quantitative estimate of drug-likeness (QED) is 0.301. The van der Waals surface area contributed by atoms with Gasteiger partial charge in [-0.05, 0) is 26.2 Å². The fourth-order valence-corrected chi connectivity index (χ4v) is 2.68. The van der Waals surface area contributed by atoms with E-state index in [4.69, 9.17) is 0 Å². The van der Waals surface area contributed by atoms with Gasteiger partial charge in [-0.2, -0.15) is 0 Å². The van der Waals surface area contributed by atoms with Gasteiger partial charge >= 0.3 is 51.4 Å². The Balaban J connectivity index is 0. The molecule has 0 aromatic rings. The van der Waals surface area contributed by atoms with Crippen LogP contribution in [0.2, 0.25) is 0 Å². The van der Waals surface area contributed by atoms with Crippen molar-refractivity contribution in [1.82, 2.24) is 0 Å². The summed E-state index contributed by atoms with van der Waals surface area (Å²) in [6, 6.07) is 0. The van der Waals surface area contributed by atoms with Gasteiger partial charge in [0.1, 0.15) is 0 Å². The molecule has 1 N–H and O–H groups in total. The summed E-state index contributed by atoms with van der Waals surface area (Å²) < 4.78 is 32.1. The number of aliphatic hydroxyl groups is 1. The average molecular weight is 347 g/mol. The molecular weight excluding hydrogens is 315 g/mol. The molecule has 0 spiro atoms. The number of hydrogen-bond donors (Lipinski definition) is 1. The van der Waals surface area contributed by atoms with E-state index >= 15 is 0 Å². The molecule has 0 aromatic heterocycles. The molecule has 6 heteroatoms. The first-order valence-electron chi connectivity index (χ1n) is 8.00. The molecule has 0 aliphatic heterocycles. The number of hydrogen-bond acceptors (Lipinski definition) is 4. The molecule has 0 fully saturated rings. The molecule has 0 saturated carbocycles. The minimum Gasteiger partial charge on any atom is -0.748 e. The second-order valence-electron chi connectivity index (χ2n) is 5.77. The van der Waals surface area contributed by atoms with Crippen LogP contribution in [-0.2, 0) is 10.1 Å². The third-order valence-corrected chi connectivity index (χ3v) is 5.08. The van der Waals surface area contributed by atoms with Gasteiger partial charge in [0.15, 0.2) is 0 Å². The molecule has 122 valence electrons. The number of unbranched alkanes of at least 4 members (excludes halogenated alkanes) is 7. The van der Waals surface area contributed by atoms with Gasteiger partial charge in [-0.15, -0.1) is 0 Å². The SMILES string of the molecule is CCC(O)CCCCCCCCCCC(C)S(=O)(=O)[O-].[K+]. The smallest absolute Gasteiger partial charge is 0.748 e. The molecule has 0 aromatic carbocycles. The molecule has 0 saturated heterocycles. The zero-order valence-corrected chi connectivity index (χ0v) is 18.0. The zero-order valence-electron chi connectivity index (χ0n) is 14.0. The van der Waals surface area contributed by atoms with Gasteiger partial charge in [0.25, 0.3) is 0 Å². The van der Waals surface area contributed by atoms with E-state index in [1.165, 1.54) is 32.6 Å². The van der Waals surface area contributed by atoms with Crippen LogP contribution in [0.3, 0.4) is 0 Å². The molecule has 0 aliphatic rings. The maximum absolute atomic E-state index is 10.7. The summed E-state index contributed by atoms with van der Waals surface area (Å²) in [6.07, 6.45) is 10.9. The van der Waals surface area contributed by atoms with E-state index in [9.17, 15) is 18.1 Å². The van der Waals surface area contributed by atoms with Crippen LogP contribution in [0.25, 0.3) is 0 Å². The summed E-state index contributed by atoms with van der Waals surface area (Å²) in [4.78, 5) is 0. The Labute approximate surface area is 173 Å². The van der Waals surface area contributed by atoms with Gasteiger partial charge in [0.05, 0.1) is 16.2 Å². The molecule has 0 aliphatic carbocycles. The van der Waals surface area contributed by atoms with E-state index < -0.39 is 15.4 Å². The summed E-state index contributed by atoms with van der Waals surface area (Å²) in [5, 5.41) is 8.65. The third-order valence-electron chi connectivity index (χ3n) is 3.86. The Kier molecular flexibility index (Phi) is 17.8. The van der Waals surface area contributed by atoms with Crippen molar-refractivity contribution in [2.45, 2.75) is 95.8 Å². The summed E-state index contributed by atoms with van der Waals surface area (Å²) in [5.41, 5.74) is 0. The molecule has 0 radical (unpaired) electrons. The van der Waals surface area contributed by atoms with Crippen molar-refractivity contribution in [3.8, 4) is 0 Å². The maximum atomic E-state index is 10.7. The van der Waals surface area contributed by atoms with Crippen LogP contribution < -0.4 is 51.4 Å². The van der Waals surface area contributed by atoms with Gasteiger partial charge in [-0.3, -0.25) is 0 Å². The minimum atomic E-state index is -4.09. The molecule has 2 atom stereocenters. The van der Waals surface area contributed by atoms with Gasteiger partial charge in [-0.25, -0.2) is 8.42 Å². The van der Waals surface area contributed by atoms with Crippen molar-refractivity contribution >= 4 is 10.1 Å². The van der Waals surface area contributed by atoms with E-state index in [-0.39, 0.29) is 57.5 Å². The first kappa shape index (κ1) is 24.8. The summed E-state index contributed by atoms with van der Waals surface area (Å²) in [7, 11) is -4.09. The third kappa shape index (κ3) is 16.2. The topological polar surface area (TPSA) is 77.4 Å². The summed E-state index contributed by atoms with van der Waals surface area (Å²) in [5.74, 6) is 0. The van der Waals surface area contributed by atoms with Crippen LogP contribution in [0, 0.1) is 0 Å². The van der Waals surface area contributed by atoms with Crippen molar-refractivity contribution in [1.29, 1.82) is 0 Å². The molecule has 21 heavy (non-hydrogen) atoms. The Morgan fingerprint density at radius 1 is 0.905 bits per heavy atom. The fourth-order valence-electron chi connectivity index (χ4n) is 2.22. The second kappa shape index (κ2) is 15.1. The molecule has 2 unspecified atom stereocenters. The first-order valence-corrected chi connectivity index (χ1v) is 9.47. The first-order chi connectivity index (χ1) is 9.38. The molecule has 4 nitrogen and oxygen atoms in total. The van der Waals surface area contributed by atoms with E-state index in [0.29, 0.717) is 6.42 Å². The monoisotopic (exact) mass is 346 g/mol. The second-order valence-corrected chi connectivity index (χ2v) is 7.56. The van der Waals surface area contributed by atoms with Gasteiger partial charge in [-0.1, -0.05) is 58.3 Å². The summed E-state index contributed by atoms with van der Waals surface area (Å²) in [6.45, 7) is 3.50. The van der Waals surface area contributed by atoms with Crippen molar-refractivity contribution < 1.29 is 69.5 Å². The van der Waals surface area contributed by atoms with Crippen molar-refractivity contribution in [3.63, 3.8) is 0 Å². The maximum Gasteiger partial charge on any atom is 1.00 e. The van der Waals surface area contributed by atoms with Crippen LogP contribution in [0.5, 0.6) is 0 Å². The van der Waals surface area contributed by atoms with Gasteiger partial charge in [0.2, 0.25) is 0 Å². The van der Waals surface area contributed by atoms with E-state index in [1.54, 1.807) is 0 Å². The Hall–Kier alpha value is 1.51. The van der Waals surface area contributed by atoms with Crippen molar-refractivity contribution in [2.24, 2.45) is 0 Å². The van der Waals surface area contributed by atoms with Gasteiger partial charge < -0.3 is 9.66 Å². The molecule has 0 heterocycles. The Morgan fingerprint density at radius 3 is 1.67 bits per heavy atom. The van der Waals surface area contributed by atoms with E-state index in [0.717, 1.165) is 38.5 Å². The van der Waals surface area contributed by atoms with Crippen molar-refractivity contribution in [3.05, 3.63) is 0 Å². The van der Waals surface area contributed by atoms with Crippen LogP contribution in [-0.4, -0.2) is 29.4 Å².